The molecule has 144 valence electrons. The Balaban J connectivity index is 1.61. The molecule has 0 saturated heterocycles. The number of nitrogens with one attached hydrogen (secondary N) is 1. The van der Waals surface area contributed by atoms with E-state index in [-0.39, 0.29) is 23.6 Å². The summed E-state index contributed by atoms with van der Waals surface area (Å²) in [5.41, 5.74) is 0.618. The van der Waals surface area contributed by atoms with E-state index in [1.54, 1.807) is 49.6 Å². The Hall–Kier alpha value is -3.74. The second-order valence-electron chi connectivity index (χ2n) is 6.04. The quantitative estimate of drug-likeness (QED) is 0.448. The lowest BCUT2D eigenvalue weighted by Crippen LogP contribution is -2.28. The number of rotatable bonds is 6. The van der Waals surface area contributed by atoms with E-state index in [9.17, 15) is 19.8 Å². The molecule has 3 aromatic rings. The van der Waals surface area contributed by atoms with Gasteiger partial charge in [-0.25, -0.2) is 4.79 Å². The smallest absolute Gasteiger partial charge is 0.342 e. The zero-order chi connectivity index (χ0) is 20.1. The second-order valence-corrected chi connectivity index (χ2v) is 6.04. The third kappa shape index (κ3) is 4.15. The molecular formula is C21H19NO6. The summed E-state index contributed by atoms with van der Waals surface area (Å²) in [6, 6.07) is 14.9. The minimum absolute atomic E-state index is 0.164. The van der Waals surface area contributed by atoms with E-state index in [0.717, 1.165) is 11.6 Å². The van der Waals surface area contributed by atoms with Gasteiger partial charge in [-0.1, -0.05) is 36.4 Å². The topological polar surface area (TPSA) is 105 Å². The number of carbonyl (C=O) groups excluding carboxylic acids is 2. The van der Waals surface area contributed by atoms with E-state index in [1.165, 1.54) is 0 Å². The molecule has 7 nitrogen and oxygen atoms in total. The molecule has 0 aromatic heterocycles. The van der Waals surface area contributed by atoms with Crippen molar-refractivity contribution in [2.45, 2.75) is 6.54 Å². The summed E-state index contributed by atoms with van der Waals surface area (Å²) in [7, 11) is 1.55. The summed E-state index contributed by atoms with van der Waals surface area (Å²) < 4.78 is 10.1. The number of aromatic hydroxyl groups is 2. The highest BCUT2D eigenvalue weighted by molar-refractivity contribution is 6.04. The number of benzene rings is 3. The Bertz CT molecular complexity index is 1030. The van der Waals surface area contributed by atoms with Crippen LogP contribution in [0.25, 0.3) is 10.8 Å². The minimum atomic E-state index is -0.907. The number of carbonyl (C=O) groups is 2. The molecule has 3 N–H and O–H groups in total. The second kappa shape index (κ2) is 8.30. The Kier molecular flexibility index (Phi) is 5.64. The van der Waals surface area contributed by atoms with Gasteiger partial charge in [-0.15, -0.1) is 0 Å². The number of hydrogen-bond donors (Lipinski definition) is 3. The summed E-state index contributed by atoms with van der Waals surface area (Å²) in [4.78, 5) is 24.2. The van der Waals surface area contributed by atoms with E-state index in [4.69, 9.17) is 9.47 Å². The molecule has 0 saturated carbocycles. The summed E-state index contributed by atoms with van der Waals surface area (Å²) in [5, 5.41) is 23.7. The summed E-state index contributed by atoms with van der Waals surface area (Å²) in [6.45, 7) is -0.272. The standard InChI is InChI=1S/C21H19NO6/c1-27-14-6-4-5-13(9-14)11-22-19(24)12-28-21(26)17-10-18(23)15-7-2-3-8-16(15)20(17)25/h2-10,23,25H,11-12H2,1H3,(H,22,24). The highest BCUT2D eigenvalue weighted by atomic mass is 16.5. The number of methoxy groups -OCH3 is 1. The Morgan fingerprint density at radius 2 is 1.75 bits per heavy atom. The normalized spacial score (nSPS) is 10.5. The maximum absolute atomic E-state index is 12.2. The molecular weight excluding hydrogens is 362 g/mol. The van der Waals surface area contributed by atoms with Gasteiger partial charge in [0.25, 0.3) is 5.91 Å². The summed E-state index contributed by atoms with van der Waals surface area (Å²) in [5.74, 6) is -1.21. The zero-order valence-corrected chi connectivity index (χ0v) is 15.1. The molecule has 0 atom stereocenters. The molecule has 0 aliphatic rings. The van der Waals surface area contributed by atoms with Gasteiger partial charge in [0.15, 0.2) is 6.61 Å². The van der Waals surface area contributed by atoms with Crippen molar-refractivity contribution >= 4 is 22.6 Å². The van der Waals surface area contributed by atoms with Crippen molar-refractivity contribution in [3.63, 3.8) is 0 Å². The summed E-state index contributed by atoms with van der Waals surface area (Å²) in [6.07, 6.45) is 0. The van der Waals surface area contributed by atoms with Crippen molar-refractivity contribution in [3.05, 3.63) is 65.7 Å². The number of phenols is 2. The maximum Gasteiger partial charge on any atom is 0.342 e. The predicted molar refractivity (Wildman–Crippen MR) is 102 cm³/mol. The van der Waals surface area contributed by atoms with Crippen LogP contribution in [0.4, 0.5) is 0 Å². The molecule has 0 heterocycles. The molecule has 1 amide bonds. The van der Waals surface area contributed by atoms with Crippen LogP contribution in [-0.4, -0.2) is 35.8 Å². The van der Waals surface area contributed by atoms with Crippen molar-refractivity contribution in [2.24, 2.45) is 0 Å². The fourth-order valence-electron chi connectivity index (χ4n) is 2.74. The third-order valence-electron chi connectivity index (χ3n) is 4.17. The van der Waals surface area contributed by atoms with Crippen LogP contribution in [0, 0.1) is 0 Å². The zero-order valence-electron chi connectivity index (χ0n) is 15.1. The number of fused-ring (bicyclic) bond motifs is 1. The van der Waals surface area contributed by atoms with Crippen LogP contribution in [-0.2, 0) is 16.1 Å². The number of phenolic OH excluding ortho intramolecular Hbond substituents is 2. The molecule has 3 aromatic carbocycles. The van der Waals surface area contributed by atoms with Gasteiger partial charge < -0.3 is 25.0 Å². The molecule has 3 rings (SSSR count). The van der Waals surface area contributed by atoms with E-state index >= 15 is 0 Å². The molecule has 0 fully saturated rings. The number of ether oxygens (including phenoxy) is 2. The van der Waals surface area contributed by atoms with Crippen molar-refractivity contribution in [2.75, 3.05) is 13.7 Å². The van der Waals surface area contributed by atoms with Crippen LogP contribution in [0.2, 0.25) is 0 Å². The highest BCUT2D eigenvalue weighted by Crippen LogP contribution is 2.35. The SMILES string of the molecule is COc1cccc(CNC(=O)COC(=O)c2cc(O)c3ccccc3c2O)c1. The lowest BCUT2D eigenvalue weighted by atomic mass is 10.0. The van der Waals surface area contributed by atoms with Crippen LogP contribution in [0.15, 0.2) is 54.6 Å². The average Bonchev–Trinajstić information content (AvgIpc) is 2.73. The van der Waals surface area contributed by atoms with E-state index < -0.39 is 18.5 Å². The van der Waals surface area contributed by atoms with Gasteiger partial charge in [0.1, 0.15) is 22.8 Å². The first-order chi connectivity index (χ1) is 13.5. The Morgan fingerprint density at radius 1 is 1.00 bits per heavy atom. The molecule has 0 spiro atoms. The number of hydrogen-bond acceptors (Lipinski definition) is 6. The van der Waals surface area contributed by atoms with Crippen LogP contribution >= 0.6 is 0 Å². The summed E-state index contributed by atoms with van der Waals surface area (Å²) >= 11 is 0. The van der Waals surface area contributed by atoms with Crippen molar-refractivity contribution < 1.29 is 29.3 Å². The fraction of sp³-hybridized carbons (Fsp3) is 0.143. The monoisotopic (exact) mass is 381 g/mol. The largest absolute Gasteiger partial charge is 0.507 e. The molecule has 0 radical (unpaired) electrons. The molecule has 28 heavy (non-hydrogen) atoms. The van der Waals surface area contributed by atoms with E-state index in [1.807, 2.05) is 6.07 Å². The predicted octanol–water partition coefficient (Wildman–Crippen LogP) is 2.73. The highest BCUT2D eigenvalue weighted by Gasteiger charge is 2.19. The molecule has 0 aliphatic heterocycles. The molecule has 7 heteroatoms. The molecule has 0 unspecified atom stereocenters. The first kappa shape index (κ1) is 19.0. The van der Waals surface area contributed by atoms with Crippen LogP contribution in [0.3, 0.4) is 0 Å². The average molecular weight is 381 g/mol. The Labute approximate surface area is 161 Å². The van der Waals surface area contributed by atoms with E-state index in [0.29, 0.717) is 16.5 Å². The molecule has 0 bridgehead atoms. The fourth-order valence-corrected chi connectivity index (χ4v) is 2.74. The third-order valence-corrected chi connectivity index (χ3v) is 4.17. The van der Waals surface area contributed by atoms with Crippen LogP contribution in [0.1, 0.15) is 15.9 Å². The first-order valence-corrected chi connectivity index (χ1v) is 8.50. The lowest BCUT2D eigenvalue weighted by molar-refractivity contribution is -0.124. The minimum Gasteiger partial charge on any atom is -0.507 e. The van der Waals surface area contributed by atoms with Gasteiger partial charge in [-0.05, 0) is 23.8 Å². The van der Waals surface area contributed by atoms with E-state index in [2.05, 4.69) is 5.32 Å². The van der Waals surface area contributed by atoms with Gasteiger partial charge >= 0.3 is 5.97 Å². The van der Waals surface area contributed by atoms with Gasteiger partial charge in [0.2, 0.25) is 0 Å². The number of amides is 1. The van der Waals surface area contributed by atoms with Crippen LogP contribution in [0.5, 0.6) is 17.2 Å². The van der Waals surface area contributed by atoms with Gasteiger partial charge in [-0.2, -0.15) is 0 Å². The van der Waals surface area contributed by atoms with Gasteiger partial charge in [0.05, 0.1) is 7.11 Å². The van der Waals surface area contributed by atoms with Crippen molar-refractivity contribution in [3.8, 4) is 17.2 Å². The van der Waals surface area contributed by atoms with Gasteiger partial charge in [0, 0.05) is 17.3 Å². The Morgan fingerprint density at radius 3 is 2.50 bits per heavy atom. The first-order valence-electron chi connectivity index (χ1n) is 8.50. The van der Waals surface area contributed by atoms with Gasteiger partial charge in [-0.3, -0.25) is 4.79 Å². The molecule has 0 aliphatic carbocycles. The number of esters is 1. The maximum atomic E-state index is 12.2. The van der Waals surface area contributed by atoms with Crippen LogP contribution < -0.4 is 10.1 Å². The van der Waals surface area contributed by atoms with Crippen molar-refractivity contribution in [1.29, 1.82) is 0 Å². The lowest BCUT2D eigenvalue weighted by Gasteiger charge is -2.10. The van der Waals surface area contributed by atoms with Crippen molar-refractivity contribution in [1.82, 2.24) is 5.32 Å².